The van der Waals surface area contributed by atoms with Crippen LogP contribution < -0.4 is 10.6 Å². The van der Waals surface area contributed by atoms with Crippen molar-refractivity contribution in [1.29, 1.82) is 0 Å². The minimum atomic E-state index is -0.336. The molecule has 0 spiro atoms. The number of amides is 2. The zero-order chi connectivity index (χ0) is 15.3. The minimum Gasteiger partial charge on any atom is -0.396 e. The first-order valence-electron chi connectivity index (χ1n) is 7.15. The Labute approximate surface area is 134 Å². The smallest absolute Gasteiger partial charge is 0.319 e. The molecule has 0 bridgehead atoms. The van der Waals surface area contributed by atoms with Crippen LogP contribution in [-0.2, 0) is 0 Å². The summed E-state index contributed by atoms with van der Waals surface area (Å²) in [6.07, 6.45) is 5.30. The Morgan fingerprint density at radius 3 is 2.62 bits per heavy atom. The lowest BCUT2D eigenvalue weighted by Crippen LogP contribution is -2.42. The van der Waals surface area contributed by atoms with Crippen molar-refractivity contribution in [2.24, 2.45) is 5.41 Å². The molecule has 2 amide bonds. The fourth-order valence-electron chi connectivity index (χ4n) is 2.72. The monoisotopic (exact) mass is 330 g/mol. The highest BCUT2D eigenvalue weighted by Crippen LogP contribution is 2.35. The summed E-state index contributed by atoms with van der Waals surface area (Å²) in [6.45, 7) is 0.568. The molecule has 1 saturated carbocycles. The van der Waals surface area contributed by atoms with Crippen molar-refractivity contribution < 1.29 is 9.90 Å². The van der Waals surface area contributed by atoms with Crippen LogP contribution >= 0.6 is 23.2 Å². The molecule has 0 saturated heterocycles. The van der Waals surface area contributed by atoms with Gasteiger partial charge in [-0.25, -0.2) is 4.79 Å². The first-order valence-corrected chi connectivity index (χ1v) is 7.91. The van der Waals surface area contributed by atoms with Gasteiger partial charge in [0.05, 0.1) is 17.3 Å². The molecule has 1 aromatic carbocycles. The average molecular weight is 331 g/mol. The van der Waals surface area contributed by atoms with Crippen LogP contribution in [-0.4, -0.2) is 24.3 Å². The summed E-state index contributed by atoms with van der Waals surface area (Å²) >= 11 is 11.9. The summed E-state index contributed by atoms with van der Waals surface area (Å²) < 4.78 is 0. The van der Waals surface area contributed by atoms with Crippen LogP contribution in [0.3, 0.4) is 0 Å². The Morgan fingerprint density at radius 2 is 1.95 bits per heavy atom. The number of carbonyl (C=O) groups is 1. The van der Waals surface area contributed by atoms with Crippen LogP contribution in [0.15, 0.2) is 18.2 Å². The largest absolute Gasteiger partial charge is 0.396 e. The molecule has 0 heterocycles. The molecule has 116 valence electrons. The second kappa shape index (κ2) is 7.34. The van der Waals surface area contributed by atoms with Gasteiger partial charge in [0.15, 0.2) is 0 Å². The predicted octanol–water partition coefficient (Wildman–Crippen LogP) is 4.06. The first-order chi connectivity index (χ1) is 10.0. The number of nitrogens with one attached hydrogen (secondary N) is 2. The normalized spacial score (nSPS) is 17.3. The van der Waals surface area contributed by atoms with Crippen LogP contribution in [0.4, 0.5) is 10.5 Å². The summed E-state index contributed by atoms with van der Waals surface area (Å²) in [6, 6.07) is 4.56. The molecule has 1 aliphatic carbocycles. The van der Waals surface area contributed by atoms with Crippen molar-refractivity contribution in [1.82, 2.24) is 5.32 Å². The van der Waals surface area contributed by atoms with Crippen molar-refractivity contribution >= 4 is 34.9 Å². The molecule has 1 fully saturated rings. The summed E-state index contributed by atoms with van der Waals surface area (Å²) in [7, 11) is 0. The SMILES string of the molecule is O=C(NCC1(CO)CCCCC1)Nc1cc(Cl)ccc1Cl. The molecule has 1 aromatic rings. The molecular formula is C15H20Cl2N2O2. The summed E-state index contributed by atoms with van der Waals surface area (Å²) in [5.41, 5.74) is 0.289. The fraction of sp³-hybridized carbons (Fsp3) is 0.533. The third kappa shape index (κ3) is 4.50. The highest BCUT2D eigenvalue weighted by molar-refractivity contribution is 6.35. The standard InChI is InChI=1S/C15H20Cl2N2O2/c16-11-4-5-12(17)13(8-11)19-14(21)18-9-15(10-20)6-2-1-3-7-15/h4-5,8,20H,1-3,6-7,9-10H2,(H2,18,19,21). The van der Waals surface area contributed by atoms with E-state index in [2.05, 4.69) is 10.6 Å². The second-order valence-corrected chi connectivity index (χ2v) is 6.49. The summed E-state index contributed by atoms with van der Waals surface area (Å²) in [5.74, 6) is 0. The van der Waals surface area contributed by atoms with Gasteiger partial charge in [0.1, 0.15) is 0 Å². The Kier molecular flexibility index (Phi) is 5.73. The molecule has 4 nitrogen and oxygen atoms in total. The number of aliphatic hydroxyl groups is 1. The van der Waals surface area contributed by atoms with Crippen LogP contribution in [0.2, 0.25) is 10.0 Å². The van der Waals surface area contributed by atoms with Gasteiger partial charge in [0.2, 0.25) is 0 Å². The molecular weight excluding hydrogens is 311 g/mol. The lowest BCUT2D eigenvalue weighted by Gasteiger charge is -2.35. The van der Waals surface area contributed by atoms with Gasteiger partial charge in [-0.05, 0) is 31.0 Å². The molecule has 6 heteroatoms. The Bertz CT molecular complexity index is 502. The third-order valence-corrected chi connectivity index (χ3v) is 4.61. The number of hydrogen-bond donors (Lipinski definition) is 3. The quantitative estimate of drug-likeness (QED) is 0.779. The molecule has 0 atom stereocenters. The van der Waals surface area contributed by atoms with Gasteiger partial charge in [-0.2, -0.15) is 0 Å². The maximum atomic E-state index is 12.0. The molecule has 2 rings (SSSR count). The van der Waals surface area contributed by atoms with Gasteiger partial charge in [0.25, 0.3) is 0 Å². The van der Waals surface area contributed by atoms with Crippen LogP contribution in [0.5, 0.6) is 0 Å². The van der Waals surface area contributed by atoms with E-state index < -0.39 is 0 Å². The highest BCUT2D eigenvalue weighted by Gasteiger charge is 2.31. The van der Waals surface area contributed by atoms with Gasteiger partial charge in [-0.1, -0.05) is 42.5 Å². The summed E-state index contributed by atoms with van der Waals surface area (Å²) in [5, 5.41) is 16.1. The molecule has 0 aliphatic heterocycles. The van der Waals surface area contributed by atoms with E-state index in [4.69, 9.17) is 23.2 Å². The average Bonchev–Trinajstić information content (AvgIpc) is 2.50. The van der Waals surface area contributed by atoms with E-state index in [1.54, 1.807) is 18.2 Å². The predicted molar refractivity (Wildman–Crippen MR) is 86.1 cm³/mol. The fourth-order valence-corrected chi connectivity index (χ4v) is 3.06. The van der Waals surface area contributed by atoms with Crippen molar-refractivity contribution in [3.8, 4) is 0 Å². The number of hydrogen-bond acceptors (Lipinski definition) is 2. The number of carbonyl (C=O) groups excluding carboxylic acids is 1. The topological polar surface area (TPSA) is 61.4 Å². The minimum absolute atomic E-state index is 0.102. The molecule has 3 N–H and O–H groups in total. The zero-order valence-corrected chi connectivity index (χ0v) is 13.3. The van der Waals surface area contributed by atoms with Gasteiger partial charge >= 0.3 is 6.03 Å². The number of anilines is 1. The molecule has 0 unspecified atom stereocenters. The maximum Gasteiger partial charge on any atom is 0.319 e. The lowest BCUT2D eigenvalue weighted by molar-refractivity contribution is 0.0840. The van der Waals surface area contributed by atoms with E-state index in [9.17, 15) is 9.90 Å². The van der Waals surface area contributed by atoms with Crippen molar-refractivity contribution in [2.45, 2.75) is 32.1 Å². The van der Waals surface area contributed by atoms with E-state index in [-0.39, 0.29) is 18.1 Å². The molecule has 21 heavy (non-hydrogen) atoms. The van der Waals surface area contributed by atoms with Crippen LogP contribution in [0, 0.1) is 5.41 Å². The number of aliphatic hydroxyl groups excluding tert-OH is 1. The maximum absolute atomic E-state index is 12.0. The Morgan fingerprint density at radius 1 is 1.24 bits per heavy atom. The van der Waals surface area contributed by atoms with Crippen molar-refractivity contribution in [3.05, 3.63) is 28.2 Å². The molecule has 1 aliphatic rings. The van der Waals surface area contributed by atoms with E-state index in [1.807, 2.05) is 0 Å². The van der Waals surface area contributed by atoms with Gasteiger partial charge in [-0.15, -0.1) is 0 Å². The van der Waals surface area contributed by atoms with Crippen molar-refractivity contribution in [2.75, 3.05) is 18.5 Å². The number of halogens is 2. The first kappa shape index (κ1) is 16.4. The van der Waals surface area contributed by atoms with E-state index in [1.165, 1.54) is 6.42 Å². The Hall–Kier alpha value is -0.970. The zero-order valence-electron chi connectivity index (χ0n) is 11.8. The highest BCUT2D eigenvalue weighted by atomic mass is 35.5. The van der Waals surface area contributed by atoms with Crippen LogP contribution in [0.25, 0.3) is 0 Å². The summed E-state index contributed by atoms with van der Waals surface area (Å²) in [4.78, 5) is 12.0. The number of urea groups is 1. The van der Waals surface area contributed by atoms with E-state index >= 15 is 0 Å². The Balaban J connectivity index is 1.91. The lowest BCUT2D eigenvalue weighted by atomic mass is 9.74. The van der Waals surface area contributed by atoms with Crippen molar-refractivity contribution in [3.63, 3.8) is 0 Å². The van der Waals surface area contributed by atoms with Crippen LogP contribution in [0.1, 0.15) is 32.1 Å². The number of benzene rings is 1. The van der Waals surface area contributed by atoms with Gasteiger partial charge in [-0.3, -0.25) is 0 Å². The second-order valence-electron chi connectivity index (χ2n) is 5.65. The number of rotatable bonds is 4. The van der Waals surface area contributed by atoms with E-state index in [0.29, 0.717) is 22.3 Å². The van der Waals surface area contributed by atoms with Gasteiger partial charge in [0, 0.05) is 17.0 Å². The molecule has 0 aromatic heterocycles. The van der Waals surface area contributed by atoms with E-state index in [0.717, 1.165) is 25.7 Å². The van der Waals surface area contributed by atoms with Gasteiger partial charge < -0.3 is 15.7 Å². The third-order valence-electron chi connectivity index (χ3n) is 4.05. The molecule has 0 radical (unpaired) electrons.